The smallest absolute Gasteiger partial charge is 0.429 e. The average molecular weight is 241 g/mol. The number of hydrogen-bond donors (Lipinski definition) is 2. The quantitative estimate of drug-likeness (QED) is 0.811. The Morgan fingerprint density at radius 1 is 0.889 bits per heavy atom. The topological polar surface area (TPSA) is 40.5 Å². The maximum absolute atomic E-state index is 7.00. The molecule has 1 radical (unpaired) electrons. The molecule has 2 N–H and O–H groups in total. The van der Waals surface area contributed by atoms with Crippen molar-refractivity contribution in [2.75, 3.05) is 0 Å². The van der Waals surface area contributed by atoms with E-state index in [9.17, 15) is 0 Å². The van der Waals surface area contributed by atoms with E-state index < -0.39 is 0 Å². The average Bonchev–Trinajstić information content (AvgIpc) is 2.42. The van der Waals surface area contributed by atoms with Gasteiger partial charge in [0.1, 0.15) is 0 Å². The van der Waals surface area contributed by atoms with Gasteiger partial charge in [0.05, 0.1) is 0 Å². The predicted octanol–water partition coefficient (Wildman–Crippen LogP) is 2.81. The van der Waals surface area contributed by atoms with Crippen LogP contribution in [0.15, 0.2) is 54.6 Å². The first-order valence-corrected chi connectivity index (χ1v) is 6.07. The van der Waals surface area contributed by atoms with Crippen LogP contribution in [0.5, 0.6) is 0 Å². The Morgan fingerprint density at radius 2 is 1.44 bits per heavy atom. The molecule has 0 bridgehead atoms. The van der Waals surface area contributed by atoms with Crippen LogP contribution in [0.1, 0.15) is 18.9 Å². The summed E-state index contributed by atoms with van der Waals surface area (Å²) in [6.45, 7) is 2.22. The highest BCUT2D eigenvalue weighted by Gasteiger charge is 2.02. The minimum absolute atomic E-state index is 0. The van der Waals surface area contributed by atoms with E-state index in [0.29, 0.717) is 0 Å². The number of hydrogen-bond acceptors (Lipinski definition) is 2. The minimum Gasteiger partial charge on any atom is -0.429 e. The third-order valence-corrected chi connectivity index (χ3v) is 2.62. The molecule has 0 saturated heterocycles. The van der Waals surface area contributed by atoms with E-state index in [4.69, 9.17) is 10.0 Å². The van der Waals surface area contributed by atoms with E-state index in [-0.39, 0.29) is 7.69 Å². The van der Waals surface area contributed by atoms with Crippen molar-refractivity contribution in [2.45, 2.75) is 19.8 Å². The second-order valence-electron chi connectivity index (χ2n) is 3.89. The molecule has 18 heavy (non-hydrogen) atoms. The fourth-order valence-electron chi connectivity index (χ4n) is 1.91. The van der Waals surface area contributed by atoms with Crippen LogP contribution in [-0.4, -0.2) is 17.7 Å². The van der Waals surface area contributed by atoms with E-state index in [2.05, 4.69) is 61.5 Å². The summed E-state index contributed by atoms with van der Waals surface area (Å²) in [6, 6.07) is 19.3. The van der Waals surface area contributed by atoms with Crippen molar-refractivity contribution in [3.8, 4) is 11.1 Å². The third kappa shape index (κ3) is 4.36. The maximum Gasteiger partial charge on any atom is 0.482 e. The van der Waals surface area contributed by atoms with Gasteiger partial charge in [-0.1, -0.05) is 67.9 Å². The Kier molecular flexibility index (Phi) is 6.85. The molecule has 2 aromatic carbocycles. The molecule has 0 aliphatic heterocycles. The summed E-state index contributed by atoms with van der Waals surface area (Å²) in [5.74, 6) is 0. The lowest BCUT2D eigenvalue weighted by Crippen LogP contribution is -1.88. The van der Waals surface area contributed by atoms with E-state index in [1.54, 1.807) is 0 Å². The van der Waals surface area contributed by atoms with Gasteiger partial charge in [-0.05, 0) is 23.1 Å². The van der Waals surface area contributed by atoms with Gasteiger partial charge in [0, 0.05) is 0 Å². The standard InChI is InChI=1S/C15H16.BH2O2/c1-2-8-13-11-6-7-12-15(13)14-9-4-3-5-10-14;2-1-3/h3-7,9-12H,2,8H2,1H3;2-3H. The number of aryl methyl sites for hydroxylation is 1. The van der Waals surface area contributed by atoms with Crippen LogP contribution in [0.4, 0.5) is 0 Å². The van der Waals surface area contributed by atoms with Crippen molar-refractivity contribution in [1.29, 1.82) is 0 Å². The molecule has 0 amide bonds. The summed E-state index contributed by atoms with van der Waals surface area (Å²) in [5.41, 5.74) is 4.15. The zero-order chi connectivity index (χ0) is 13.2. The molecule has 0 spiro atoms. The lowest BCUT2D eigenvalue weighted by Gasteiger charge is -2.08. The normalized spacial score (nSPS) is 9.28. The molecular weight excluding hydrogens is 223 g/mol. The number of benzene rings is 2. The molecule has 0 aliphatic carbocycles. The molecule has 0 fully saturated rings. The highest BCUT2D eigenvalue weighted by atomic mass is 16.4. The number of rotatable bonds is 3. The van der Waals surface area contributed by atoms with Crippen molar-refractivity contribution in [3.63, 3.8) is 0 Å². The fraction of sp³-hybridized carbons (Fsp3) is 0.200. The van der Waals surface area contributed by atoms with Gasteiger partial charge in [-0.25, -0.2) is 0 Å². The van der Waals surface area contributed by atoms with E-state index in [0.717, 1.165) is 6.42 Å². The Bertz CT molecular complexity index is 443. The van der Waals surface area contributed by atoms with Crippen molar-refractivity contribution in [3.05, 3.63) is 60.2 Å². The predicted molar refractivity (Wildman–Crippen MR) is 76.1 cm³/mol. The van der Waals surface area contributed by atoms with Crippen LogP contribution in [0.25, 0.3) is 11.1 Å². The Labute approximate surface area is 109 Å². The maximum atomic E-state index is 7.00. The van der Waals surface area contributed by atoms with Crippen molar-refractivity contribution < 1.29 is 10.0 Å². The molecule has 0 saturated carbocycles. The van der Waals surface area contributed by atoms with Crippen LogP contribution in [0, 0.1) is 0 Å². The van der Waals surface area contributed by atoms with Gasteiger partial charge in [-0.15, -0.1) is 0 Å². The summed E-state index contributed by atoms with van der Waals surface area (Å²) in [6.07, 6.45) is 2.36. The van der Waals surface area contributed by atoms with Gasteiger partial charge in [0.15, 0.2) is 0 Å². The molecule has 3 heteroatoms. The summed E-state index contributed by atoms with van der Waals surface area (Å²) in [5, 5.41) is 14.0. The highest BCUT2D eigenvalue weighted by molar-refractivity contribution is 6.13. The largest absolute Gasteiger partial charge is 0.482 e. The molecule has 93 valence electrons. The fourth-order valence-corrected chi connectivity index (χ4v) is 1.91. The molecule has 0 unspecified atom stereocenters. The van der Waals surface area contributed by atoms with E-state index in [1.807, 2.05) is 0 Å². The lowest BCUT2D eigenvalue weighted by molar-refractivity contribution is 0.448. The van der Waals surface area contributed by atoms with Crippen molar-refractivity contribution >= 4 is 7.69 Å². The monoisotopic (exact) mass is 241 g/mol. The molecule has 2 aromatic rings. The van der Waals surface area contributed by atoms with Gasteiger partial charge in [0.2, 0.25) is 0 Å². The van der Waals surface area contributed by atoms with E-state index >= 15 is 0 Å². The van der Waals surface area contributed by atoms with Crippen LogP contribution < -0.4 is 0 Å². The Hall–Kier alpha value is -1.58. The van der Waals surface area contributed by atoms with Gasteiger partial charge in [-0.2, -0.15) is 0 Å². The summed E-state index contributed by atoms with van der Waals surface area (Å²) >= 11 is 0. The molecule has 0 aliphatic rings. The molecule has 2 rings (SSSR count). The highest BCUT2D eigenvalue weighted by Crippen LogP contribution is 2.24. The molecule has 0 atom stereocenters. The van der Waals surface area contributed by atoms with Crippen LogP contribution in [0.2, 0.25) is 0 Å². The first-order valence-electron chi connectivity index (χ1n) is 6.07. The first kappa shape index (κ1) is 14.5. The Balaban J connectivity index is 0.000000492. The lowest BCUT2D eigenvalue weighted by atomic mass is 9.97. The van der Waals surface area contributed by atoms with Gasteiger partial charge in [-0.3, -0.25) is 0 Å². The second kappa shape index (κ2) is 8.51. The van der Waals surface area contributed by atoms with Crippen molar-refractivity contribution in [2.24, 2.45) is 0 Å². The third-order valence-electron chi connectivity index (χ3n) is 2.62. The van der Waals surface area contributed by atoms with Gasteiger partial charge >= 0.3 is 7.69 Å². The van der Waals surface area contributed by atoms with Crippen molar-refractivity contribution in [1.82, 2.24) is 0 Å². The molecule has 0 aromatic heterocycles. The van der Waals surface area contributed by atoms with E-state index in [1.165, 1.54) is 23.1 Å². The van der Waals surface area contributed by atoms with Crippen LogP contribution in [0.3, 0.4) is 0 Å². The second-order valence-corrected chi connectivity index (χ2v) is 3.89. The first-order chi connectivity index (χ1) is 8.83. The Morgan fingerprint density at radius 3 is 2.06 bits per heavy atom. The minimum atomic E-state index is 0. The van der Waals surface area contributed by atoms with Crippen LogP contribution >= 0.6 is 0 Å². The van der Waals surface area contributed by atoms with Gasteiger partial charge < -0.3 is 10.0 Å². The molecular formula is C15H18BO2. The zero-order valence-corrected chi connectivity index (χ0v) is 10.6. The summed E-state index contributed by atoms with van der Waals surface area (Å²) in [4.78, 5) is 0. The molecule has 2 nitrogen and oxygen atoms in total. The molecule has 0 heterocycles. The van der Waals surface area contributed by atoms with Crippen LogP contribution in [-0.2, 0) is 6.42 Å². The SMILES string of the molecule is CCCc1ccccc1-c1ccccc1.O[B]O. The zero-order valence-electron chi connectivity index (χ0n) is 10.6. The van der Waals surface area contributed by atoms with Gasteiger partial charge in [0.25, 0.3) is 0 Å². The summed E-state index contributed by atoms with van der Waals surface area (Å²) in [7, 11) is 0. The summed E-state index contributed by atoms with van der Waals surface area (Å²) < 4.78 is 0.